The van der Waals surface area contributed by atoms with Gasteiger partial charge in [0, 0.05) is 25.3 Å². The minimum atomic E-state index is 0.969. The lowest BCUT2D eigenvalue weighted by atomic mass is 10.1. The summed E-state index contributed by atoms with van der Waals surface area (Å²) in [6, 6.07) is 17.6. The quantitative estimate of drug-likeness (QED) is 0.814. The molecular formula is C19H24N2. The van der Waals surface area contributed by atoms with Gasteiger partial charge in [0.05, 0.1) is 0 Å². The van der Waals surface area contributed by atoms with Crippen LogP contribution < -0.4 is 10.2 Å². The molecule has 21 heavy (non-hydrogen) atoms. The van der Waals surface area contributed by atoms with E-state index < -0.39 is 0 Å². The van der Waals surface area contributed by atoms with Crippen molar-refractivity contribution in [1.82, 2.24) is 5.32 Å². The highest BCUT2D eigenvalue weighted by atomic mass is 15.1. The van der Waals surface area contributed by atoms with Crippen molar-refractivity contribution in [3.8, 4) is 0 Å². The van der Waals surface area contributed by atoms with Crippen molar-refractivity contribution in [3.63, 3.8) is 0 Å². The zero-order chi connectivity index (χ0) is 14.5. The molecule has 110 valence electrons. The minimum absolute atomic E-state index is 0.969. The van der Waals surface area contributed by atoms with Crippen molar-refractivity contribution in [3.05, 3.63) is 65.2 Å². The molecule has 0 radical (unpaired) electrons. The number of benzene rings is 2. The van der Waals surface area contributed by atoms with Crippen LogP contribution in [0.5, 0.6) is 0 Å². The molecule has 0 aromatic heterocycles. The van der Waals surface area contributed by atoms with E-state index in [4.69, 9.17) is 0 Å². The summed E-state index contributed by atoms with van der Waals surface area (Å²) < 4.78 is 0. The Labute approximate surface area is 127 Å². The Balaban J connectivity index is 1.38. The average Bonchev–Trinajstić information content (AvgIpc) is 2.92. The van der Waals surface area contributed by atoms with Crippen LogP contribution in [0.4, 0.5) is 5.69 Å². The van der Waals surface area contributed by atoms with Crippen molar-refractivity contribution in [1.29, 1.82) is 0 Å². The highest BCUT2D eigenvalue weighted by Gasteiger charge is 2.16. The molecule has 1 aliphatic rings. The molecule has 1 aliphatic heterocycles. The van der Waals surface area contributed by atoms with Crippen LogP contribution in [0.3, 0.4) is 0 Å². The van der Waals surface area contributed by atoms with Crippen molar-refractivity contribution in [2.75, 3.05) is 24.5 Å². The zero-order valence-electron chi connectivity index (χ0n) is 12.8. The number of hydrogen-bond donors (Lipinski definition) is 1. The second-order valence-corrected chi connectivity index (χ2v) is 5.88. The van der Waals surface area contributed by atoms with E-state index in [9.17, 15) is 0 Å². The monoisotopic (exact) mass is 280 g/mol. The van der Waals surface area contributed by atoms with E-state index in [1.165, 1.54) is 41.8 Å². The molecule has 0 amide bonds. The molecule has 1 N–H and O–H groups in total. The Morgan fingerprint density at radius 2 is 1.86 bits per heavy atom. The molecule has 2 aromatic rings. The van der Waals surface area contributed by atoms with Crippen LogP contribution in [0.15, 0.2) is 48.5 Å². The van der Waals surface area contributed by atoms with Gasteiger partial charge in [-0.1, -0.05) is 48.0 Å². The fourth-order valence-corrected chi connectivity index (χ4v) is 2.97. The van der Waals surface area contributed by atoms with E-state index >= 15 is 0 Å². The molecule has 3 rings (SSSR count). The summed E-state index contributed by atoms with van der Waals surface area (Å²) in [7, 11) is 0. The van der Waals surface area contributed by atoms with Crippen LogP contribution in [-0.4, -0.2) is 19.6 Å². The summed E-state index contributed by atoms with van der Waals surface area (Å²) >= 11 is 0. The first-order valence-corrected chi connectivity index (χ1v) is 7.92. The Hall–Kier alpha value is -1.80. The number of aryl methyl sites for hydroxylation is 1. The highest BCUT2D eigenvalue weighted by molar-refractivity contribution is 5.57. The van der Waals surface area contributed by atoms with Crippen LogP contribution in [0, 0.1) is 6.92 Å². The predicted octanol–water partition coefficient (Wildman–Crippen LogP) is 3.54. The first-order valence-electron chi connectivity index (χ1n) is 7.92. The number of hydrogen-bond acceptors (Lipinski definition) is 2. The third kappa shape index (κ3) is 3.64. The average molecular weight is 280 g/mol. The maximum Gasteiger partial charge on any atom is 0.0399 e. The van der Waals surface area contributed by atoms with Gasteiger partial charge in [0.25, 0.3) is 0 Å². The summed E-state index contributed by atoms with van der Waals surface area (Å²) in [4.78, 5) is 2.52. The van der Waals surface area contributed by atoms with Gasteiger partial charge >= 0.3 is 0 Å². The lowest BCUT2D eigenvalue weighted by Gasteiger charge is -2.19. The van der Waals surface area contributed by atoms with E-state index in [-0.39, 0.29) is 0 Å². The molecule has 2 aromatic carbocycles. The lowest BCUT2D eigenvalue weighted by molar-refractivity contribution is 0.638. The number of fused-ring (bicyclic) bond motifs is 1. The van der Waals surface area contributed by atoms with Gasteiger partial charge in [-0.25, -0.2) is 0 Å². The van der Waals surface area contributed by atoms with Gasteiger partial charge in [0.15, 0.2) is 0 Å². The Morgan fingerprint density at radius 3 is 2.71 bits per heavy atom. The predicted molar refractivity (Wildman–Crippen MR) is 89.9 cm³/mol. The fourth-order valence-electron chi connectivity index (χ4n) is 2.97. The van der Waals surface area contributed by atoms with Gasteiger partial charge in [0.2, 0.25) is 0 Å². The van der Waals surface area contributed by atoms with E-state index in [1.54, 1.807) is 0 Å². The molecule has 0 spiro atoms. The summed E-state index contributed by atoms with van der Waals surface area (Å²) in [5, 5.41) is 3.54. The van der Waals surface area contributed by atoms with Crippen LogP contribution >= 0.6 is 0 Å². The number of anilines is 1. The number of rotatable bonds is 6. The van der Waals surface area contributed by atoms with E-state index in [0.717, 1.165) is 19.6 Å². The molecule has 0 fully saturated rings. The highest BCUT2D eigenvalue weighted by Crippen LogP contribution is 2.27. The first-order chi connectivity index (χ1) is 10.3. The third-order valence-electron chi connectivity index (χ3n) is 4.21. The van der Waals surface area contributed by atoms with Crippen molar-refractivity contribution >= 4 is 5.69 Å². The first kappa shape index (κ1) is 14.2. The molecular weight excluding hydrogens is 256 g/mol. The van der Waals surface area contributed by atoms with Crippen molar-refractivity contribution in [2.45, 2.75) is 26.3 Å². The molecule has 0 saturated heterocycles. The normalized spacial score (nSPS) is 13.5. The molecule has 0 aliphatic carbocycles. The Bertz CT molecular complexity index is 574. The summed E-state index contributed by atoms with van der Waals surface area (Å²) in [5.74, 6) is 0. The maximum atomic E-state index is 3.54. The van der Waals surface area contributed by atoms with E-state index in [1.807, 2.05) is 0 Å². The van der Waals surface area contributed by atoms with Crippen molar-refractivity contribution in [2.24, 2.45) is 0 Å². The fraction of sp³-hybridized carbons (Fsp3) is 0.368. The van der Waals surface area contributed by atoms with E-state index in [0.29, 0.717) is 0 Å². The summed E-state index contributed by atoms with van der Waals surface area (Å²) in [6.45, 7) is 6.50. The topological polar surface area (TPSA) is 15.3 Å². The Morgan fingerprint density at radius 1 is 1.05 bits per heavy atom. The van der Waals surface area contributed by atoms with Gasteiger partial charge in [-0.05, 0) is 43.5 Å². The smallest absolute Gasteiger partial charge is 0.0399 e. The number of para-hydroxylation sites is 1. The summed E-state index contributed by atoms with van der Waals surface area (Å²) in [5.41, 5.74) is 5.64. The molecule has 2 nitrogen and oxygen atoms in total. The van der Waals surface area contributed by atoms with Gasteiger partial charge in [-0.3, -0.25) is 0 Å². The largest absolute Gasteiger partial charge is 0.371 e. The van der Waals surface area contributed by atoms with Gasteiger partial charge in [0.1, 0.15) is 0 Å². The van der Waals surface area contributed by atoms with Crippen LogP contribution in [0.25, 0.3) is 0 Å². The van der Waals surface area contributed by atoms with Gasteiger partial charge < -0.3 is 10.2 Å². The van der Waals surface area contributed by atoms with Crippen LogP contribution in [0.2, 0.25) is 0 Å². The lowest BCUT2D eigenvalue weighted by Crippen LogP contribution is -2.25. The number of nitrogens with one attached hydrogen (secondary N) is 1. The molecule has 1 heterocycles. The molecule has 0 atom stereocenters. The van der Waals surface area contributed by atoms with Crippen LogP contribution in [0.1, 0.15) is 23.1 Å². The third-order valence-corrected chi connectivity index (χ3v) is 4.21. The van der Waals surface area contributed by atoms with Gasteiger partial charge in [-0.2, -0.15) is 0 Å². The SMILES string of the molecule is Cc1ccc(CNCCCN2CCc3ccccc32)cc1. The second-order valence-electron chi connectivity index (χ2n) is 5.88. The standard InChI is InChI=1S/C19H24N2/c1-16-7-9-17(10-8-16)15-20-12-4-13-21-14-11-18-5-2-3-6-19(18)21/h2-3,5-10,20H,4,11-15H2,1H3. The van der Waals surface area contributed by atoms with Crippen LogP contribution in [-0.2, 0) is 13.0 Å². The van der Waals surface area contributed by atoms with E-state index in [2.05, 4.69) is 65.7 Å². The minimum Gasteiger partial charge on any atom is -0.371 e. The molecule has 2 heteroatoms. The molecule has 0 bridgehead atoms. The van der Waals surface area contributed by atoms with Gasteiger partial charge in [-0.15, -0.1) is 0 Å². The maximum absolute atomic E-state index is 3.54. The summed E-state index contributed by atoms with van der Waals surface area (Å²) in [6.07, 6.45) is 2.40. The Kier molecular flexibility index (Phi) is 4.56. The number of nitrogens with zero attached hydrogens (tertiary/aromatic N) is 1. The van der Waals surface area contributed by atoms with Crippen molar-refractivity contribution < 1.29 is 0 Å². The molecule has 0 saturated carbocycles. The zero-order valence-corrected chi connectivity index (χ0v) is 12.8. The second kappa shape index (κ2) is 6.77. The molecule has 0 unspecified atom stereocenters.